The van der Waals surface area contributed by atoms with Crippen LogP contribution in [0.25, 0.3) is 0 Å². The van der Waals surface area contributed by atoms with Gasteiger partial charge in [-0.2, -0.15) is 13.2 Å². The third kappa shape index (κ3) is 9.95. The van der Waals surface area contributed by atoms with Crippen LogP contribution in [0.2, 0.25) is 0 Å². The number of thiazole rings is 2. The average molecular weight is 663 g/mol. The Morgan fingerprint density at radius 2 is 1.82 bits per heavy atom. The largest absolute Gasteiger partial charge is 0.481 e. The standard InChI is InChI=1S/C28H37F3N4O7S2/c1-14(2)20(35(5)24(37)7-17-10-41-11-17)9-21(42-16(4)36)26-33-19(12-44-26)25(38)32-18(6-15(3)27(39)40)8-23-34-22(13-43-23)28(29,30)31/h12-15,17-18,20-21H,6-11H2,1-5H3,(H,32,38)(H,39,40)/t15?,18-,20?,21?/m1/s1. The zero-order valence-corrected chi connectivity index (χ0v) is 26.7. The molecule has 1 aliphatic rings. The molecule has 2 N–H and O–H groups in total. The van der Waals surface area contributed by atoms with Crippen LogP contribution in [0.4, 0.5) is 13.2 Å². The van der Waals surface area contributed by atoms with Gasteiger partial charge in [-0.1, -0.05) is 20.8 Å². The summed E-state index contributed by atoms with van der Waals surface area (Å²) in [6, 6.07) is -1.16. The van der Waals surface area contributed by atoms with Crippen LogP contribution < -0.4 is 5.32 Å². The van der Waals surface area contributed by atoms with E-state index in [1.54, 1.807) is 11.9 Å². The molecule has 0 radical (unpaired) electrons. The van der Waals surface area contributed by atoms with Crippen LogP contribution in [0, 0.1) is 17.8 Å². The molecule has 1 fully saturated rings. The number of hydrogen-bond donors (Lipinski definition) is 2. The van der Waals surface area contributed by atoms with E-state index in [9.17, 15) is 37.5 Å². The summed E-state index contributed by atoms with van der Waals surface area (Å²) in [6.07, 6.45) is -5.06. The number of alkyl halides is 3. The lowest BCUT2D eigenvalue weighted by Gasteiger charge is -2.35. The van der Waals surface area contributed by atoms with E-state index in [-0.39, 0.29) is 53.7 Å². The summed E-state index contributed by atoms with van der Waals surface area (Å²) in [4.78, 5) is 59.3. The van der Waals surface area contributed by atoms with Gasteiger partial charge in [0.1, 0.15) is 10.7 Å². The fraction of sp³-hybridized carbons (Fsp3) is 0.643. The molecule has 3 unspecified atom stereocenters. The van der Waals surface area contributed by atoms with Gasteiger partial charge in [0.2, 0.25) is 5.91 Å². The first-order chi connectivity index (χ1) is 20.5. The average Bonchev–Trinajstić information content (AvgIpc) is 3.58. The number of carbonyl (C=O) groups is 4. The number of rotatable bonds is 15. The molecule has 2 aromatic heterocycles. The minimum absolute atomic E-state index is 0.00286. The highest BCUT2D eigenvalue weighted by atomic mass is 32.1. The number of ether oxygens (including phenoxy) is 2. The predicted molar refractivity (Wildman–Crippen MR) is 155 cm³/mol. The maximum atomic E-state index is 13.2. The lowest BCUT2D eigenvalue weighted by atomic mass is 9.95. The van der Waals surface area contributed by atoms with Crippen molar-refractivity contribution in [1.82, 2.24) is 20.2 Å². The van der Waals surface area contributed by atoms with Crippen LogP contribution in [0.15, 0.2) is 10.8 Å². The molecule has 2 amide bonds. The smallest absolute Gasteiger partial charge is 0.434 e. The molecule has 44 heavy (non-hydrogen) atoms. The zero-order chi connectivity index (χ0) is 32.8. The quantitative estimate of drug-likeness (QED) is 0.262. The van der Waals surface area contributed by atoms with Crippen molar-refractivity contribution in [3.05, 3.63) is 32.2 Å². The molecular formula is C28H37F3N4O7S2. The van der Waals surface area contributed by atoms with E-state index in [4.69, 9.17) is 9.47 Å². The number of carboxylic acid groups (broad SMARTS) is 1. The monoisotopic (exact) mass is 662 g/mol. The van der Waals surface area contributed by atoms with Gasteiger partial charge in [0.15, 0.2) is 11.8 Å². The van der Waals surface area contributed by atoms with Crippen molar-refractivity contribution in [3.63, 3.8) is 0 Å². The van der Waals surface area contributed by atoms with Crippen molar-refractivity contribution in [2.75, 3.05) is 20.3 Å². The van der Waals surface area contributed by atoms with Crippen LogP contribution in [0.1, 0.15) is 79.3 Å². The number of carboxylic acids is 1. The molecule has 3 rings (SSSR count). The minimum atomic E-state index is -4.63. The number of hydrogen-bond acceptors (Lipinski definition) is 10. The Hall–Kier alpha value is -3.11. The number of aliphatic carboxylic acids is 1. The van der Waals surface area contributed by atoms with Crippen LogP contribution in [-0.2, 0) is 36.5 Å². The summed E-state index contributed by atoms with van der Waals surface area (Å²) < 4.78 is 49.9. The number of carbonyl (C=O) groups excluding carboxylic acids is 3. The number of aromatic nitrogens is 2. The summed E-state index contributed by atoms with van der Waals surface area (Å²) in [5.41, 5.74) is -1.08. The highest BCUT2D eigenvalue weighted by Crippen LogP contribution is 2.32. The first-order valence-electron chi connectivity index (χ1n) is 14.1. The van der Waals surface area contributed by atoms with E-state index in [1.165, 1.54) is 19.2 Å². The highest BCUT2D eigenvalue weighted by molar-refractivity contribution is 7.10. The molecule has 3 heterocycles. The number of nitrogens with zero attached hydrogens (tertiary/aromatic N) is 3. The molecule has 0 bridgehead atoms. The molecule has 2 aromatic rings. The first-order valence-corrected chi connectivity index (χ1v) is 15.8. The predicted octanol–water partition coefficient (Wildman–Crippen LogP) is 4.58. The van der Waals surface area contributed by atoms with Gasteiger partial charge in [-0.05, 0) is 12.3 Å². The fourth-order valence-corrected chi connectivity index (χ4v) is 6.46. The second-order valence-corrected chi connectivity index (χ2v) is 13.1. The molecule has 0 aromatic carbocycles. The van der Waals surface area contributed by atoms with E-state index in [2.05, 4.69) is 15.3 Å². The van der Waals surface area contributed by atoms with Gasteiger partial charge >= 0.3 is 18.1 Å². The Morgan fingerprint density at radius 3 is 2.34 bits per heavy atom. The molecule has 0 aliphatic carbocycles. The fourth-order valence-electron chi connectivity index (χ4n) is 4.74. The van der Waals surface area contributed by atoms with Crippen LogP contribution in [0.5, 0.6) is 0 Å². The molecular weight excluding hydrogens is 625 g/mol. The van der Waals surface area contributed by atoms with Gasteiger partial charge in [0.05, 0.1) is 24.1 Å². The molecule has 4 atom stereocenters. The van der Waals surface area contributed by atoms with Crippen molar-refractivity contribution in [2.45, 2.75) is 77.7 Å². The summed E-state index contributed by atoms with van der Waals surface area (Å²) in [5, 5.41) is 14.8. The molecule has 16 heteroatoms. The van der Waals surface area contributed by atoms with E-state index >= 15 is 0 Å². The van der Waals surface area contributed by atoms with Crippen molar-refractivity contribution in [1.29, 1.82) is 0 Å². The number of nitrogens with one attached hydrogen (secondary N) is 1. The van der Waals surface area contributed by atoms with E-state index < -0.39 is 47.8 Å². The maximum absolute atomic E-state index is 13.2. The third-order valence-corrected chi connectivity index (χ3v) is 9.09. The molecule has 1 aliphatic heterocycles. The van der Waals surface area contributed by atoms with Crippen molar-refractivity contribution < 1.29 is 46.9 Å². The normalized spacial score (nSPS) is 16.5. The van der Waals surface area contributed by atoms with Gasteiger partial charge < -0.3 is 24.8 Å². The molecule has 1 saturated heterocycles. The zero-order valence-electron chi connectivity index (χ0n) is 25.1. The van der Waals surface area contributed by atoms with Crippen molar-refractivity contribution in [2.24, 2.45) is 17.8 Å². The van der Waals surface area contributed by atoms with Crippen molar-refractivity contribution >= 4 is 46.4 Å². The van der Waals surface area contributed by atoms with E-state index in [0.717, 1.165) is 28.1 Å². The Kier molecular flexibility index (Phi) is 12.3. The van der Waals surface area contributed by atoms with Crippen LogP contribution in [0.3, 0.4) is 0 Å². The summed E-state index contributed by atoms with van der Waals surface area (Å²) >= 11 is 1.85. The van der Waals surface area contributed by atoms with Crippen LogP contribution in [-0.4, -0.2) is 76.1 Å². The Morgan fingerprint density at radius 1 is 1.14 bits per heavy atom. The molecule has 0 spiro atoms. The number of amides is 2. The third-order valence-electron chi connectivity index (χ3n) is 7.28. The highest BCUT2D eigenvalue weighted by Gasteiger charge is 2.35. The van der Waals surface area contributed by atoms with E-state index in [1.807, 2.05) is 13.8 Å². The second kappa shape index (κ2) is 15.3. The summed E-state index contributed by atoms with van der Waals surface area (Å²) in [5.74, 6) is -3.13. The minimum Gasteiger partial charge on any atom is -0.481 e. The molecule has 0 saturated carbocycles. The Labute approximate surface area is 261 Å². The first kappa shape index (κ1) is 35.4. The molecule has 244 valence electrons. The lowest BCUT2D eigenvalue weighted by Crippen LogP contribution is -2.44. The van der Waals surface area contributed by atoms with Gasteiger partial charge in [0, 0.05) is 62.0 Å². The van der Waals surface area contributed by atoms with Crippen molar-refractivity contribution in [3.8, 4) is 0 Å². The topological polar surface area (TPSA) is 148 Å². The second-order valence-electron chi connectivity index (χ2n) is 11.3. The van der Waals surface area contributed by atoms with Gasteiger partial charge in [-0.25, -0.2) is 9.97 Å². The lowest BCUT2D eigenvalue weighted by molar-refractivity contribution is -0.149. The number of halogens is 3. The van der Waals surface area contributed by atoms with Crippen LogP contribution >= 0.6 is 22.7 Å². The summed E-state index contributed by atoms with van der Waals surface area (Å²) in [6.45, 7) is 7.67. The number of esters is 1. The van der Waals surface area contributed by atoms with Gasteiger partial charge in [-0.3, -0.25) is 19.2 Å². The van der Waals surface area contributed by atoms with E-state index in [0.29, 0.717) is 24.6 Å². The Bertz CT molecular complexity index is 1310. The summed E-state index contributed by atoms with van der Waals surface area (Å²) in [7, 11) is 1.70. The maximum Gasteiger partial charge on any atom is 0.434 e. The molecule has 11 nitrogen and oxygen atoms in total. The Balaban J connectivity index is 1.77. The van der Waals surface area contributed by atoms with Gasteiger partial charge in [-0.15, -0.1) is 22.7 Å². The SMILES string of the molecule is CC(=O)OC(CC(C(C)C)N(C)C(=O)CC1COC1)c1nc(C(=O)N[C@@H](Cc2nc(C(F)(F)F)cs2)CC(C)C(=O)O)cs1. The van der Waals surface area contributed by atoms with Gasteiger partial charge in [0.25, 0.3) is 5.91 Å².